The highest BCUT2D eigenvalue weighted by Gasteiger charge is 2.12. The molecule has 0 aromatic heterocycles. The van der Waals surface area contributed by atoms with Gasteiger partial charge in [-0.25, -0.2) is 0 Å². The third kappa shape index (κ3) is 2.33. The van der Waals surface area contributed by atoms with Crippen LogP contribution in [0.4, 0.5) is 0 Å². The van der Waals surface area contributed by atoms with Crippen molar-refractivity contribution in [3.8, 4) is 0 Å². The van der Waals surface area contributed by atoms with E-state index in [1.165, 1.54) is 0 Å². The fraction of sp³-hybridized carbons (Fsp3) is 1.00. The van der Waals surface area contributed by atoms with E-state index in [-0.39, 0.29) is 7.43 Å². The van der Waals surface area contributed by atoms with E-state index in [9.17, 15) is 0 Å². The van der Waals surface area contributed by atoms with Crippen molar-refractivity contribution in [1.82, 2.24) is 4.90 Å². The van der Waals surface area contributed by atoms with Crippen LogP contribution in [-0.2, 0) is 4.74 Å². The van der Waals surface area contributed by atoms with Crippen LogP contribution in [0.1, 0.15) is 14.4 Å². The summed E-state index contributed by atoms with van der Waals surface area (Å²) in [7, 11) is 2.13. The number of hydrogen-bond donors (Lipinski definition) is 0. The summed E-state index contributed by atoms with van der Waals surface area (Å²) >= 11 is 0. The lowest BCUT2D eigenvalue weighted by molar-refractivity contribution is 0.0131. The molecular weight excluding hydrogens is 114 g/mol. The van der Waals surface area contributed by atoms with Crippen LogP contribution in [0.2, 0.25) is 0 Å². The Balaban J connectivity index is 0.000000640. The first kappa shape index (κ1) is 8.92. The van der Waals surface area contributed by atoms with E-state index in [1.54, 1.807) is 0 Å². The Bertz CT molecular complexity index is 65.3. The normalized spacial score (nSPS) is 29.3. The summed E-state index contributed by atoms with van der Waals surface area (Å²) in [4.78, 5) is 2.31. The third-order valence-electron chi connectivity index (χ3n) is 1.70. The summed E-state index contributed by atoms with van der Waals surface area (Å²) in [5, 5.41) is 0. The Morgan fingerprint density at radius 3 is 2.56 bits per heavy atom. The van der Waals surface area contributed by atoms with E-state index in [0.717, 1.165) is 19.8 Å². The molecule has 1 heterocycles. The molecule has 1 saturated heterocycles. The van der Waals surface area contributed by atoms with Gasteiger partial charge >= 0.3 is 0 Å². The molecule has 0 saturated carbocycles. The van der Waals surface area contributed by atoms with Crippen LogP contribution in [0.25, 0.3) is 0 Å². The maximum atomic E-state index is 5.21. The predicted octanol–water partition coefficient (Wildman–Crippen LogP) is 0.973. The zero-order valence-corrected chi connectivity index (χ0v) is 5.55. The lowest BCUT2D eigenvalue weighted by atomic mass is 10.3. The van der Waals surface area contributed by atoms with Gasteiger partial charge in [-0.3, -0.25) is 4.90 Å². The van der Waals surface area contributed by atoms with Gasteiger partial charge in [-0.15, -0.1) is 0 Å². The summed E-state index contributed by atoms with van der Waals surface area (Å²) in [5.41, 5.74) is 0. The minimum absolute atomic E-state index is 0. The van der Waals surface area contributed by atoms with Crippen LogP contribution in [0, 0.1) is 0 Å². The second-order valence-electron chi connectivity index (χ2n) is 2.40. The number of morpholine rings is 1. The smallest absolute Gasteiger partial charge is 0.0619 e. The number of likely N-dealkylation sites (N-methyl/N-ethyl adjacent to an activating group) is 1. The predicted molar refractivity (Wildman–Crippen MR) is 39.6 cm³/mol. The van der Waals surface area contributed by atoms with Crippen molar-refractivity contribution in [3.63, 3.8) is 0 Å². The molecule has 2 nitrogen and oxygen atoms in total. The molecule has 0 aromatic rings. The molecule has 1 rings (SSSR count). The molecule has 56 valence electrons. The van der Waals surface area contributed by atoms with Gasteiger partial charge in [0.05, 0.1) is 13.2 Å². The molecule has 0 aliphatic carbocycles. The molecule has 1 aliphatic heterocycles. The van der Waals surface area contributed by atoms with Crippen LogP contribution in [0.3, 0.4) is 0 Å². The van der Waals surface area contributed by atoms with E-state index < -0.39 is 0 Å². The molecule has 1 aliphatic rings. The quantitative estimate of drug-likeness (QED) is 0.486. The van der Waals surface area contributed by atoms with Crippen LogP contribution < -0.4 is 0 Å². The van der Waals surface area contributed by atoms with E-state index in [4.69, 9.17) is 4.74 Å². The van der Waals surface area contributed by atoms with Crippen LogP contribution in [0.15, 0.2) is 0 Å². The van der Waals surface area contributed by atoms with Gasteiger partial charge < -0.3 is 4.74 Å². The van der Waals surface area contributed by atoms with Gasteiger partial charge in [0.2, 0.25) is 0 Å². The zero-order chi connectivity index (χ0) is 5.98. The zero-order valence-electron chi connectivity index (χ0n) is 5.55. The summed E-state index contributed by atoms with van der Waals surface area (Å²) in [6.45, 7) is 5.07. The first-order valence-electron chi connectivity index (χ1n) is 3.08. The molecule has 0 unspecified atom stereocenters. The molecule has 0 bridgehead atoms. The minimum atomic E-state index is 0. The largest absolute Gasteiger partial charge is 0.379 e. The summed E-state index contributed by atoms with van der Waals surface area (Å²) in [6.07, 6.45) is 0. The Morgan fingerprint density at radius 1 is 1.56 bits per heavy atom. The maximum absolute atomic E-state index is 5.21. The molecule has 0 amide bonds. The standard InChI is InChI=1S/C6H13NO.CH4/c1-6-5-8-4-3-7(6)2;/h6H,3-5H2,1-2H3;1H4/t6-;/m1./s1. The molecule has 0 aromatic carbocycles. The fourth-order valence-corrected chi connectivity index (χ4v) is 0.810. The SMILES string of the molecule is C.C[C@@H]1COCCN1C. The van der Waals surface area contributed by atoms with Gasteiger partial charge in [-0.05, 0) is 14.0 Å². The molecule has 0 radical (unpaired) electrons. The lowest BCUT2D eigenvalue weighted by Crippen LogP contribution is -2.40. The first-order chi connectivity index (χ1) is 3.80. The average Bonchev–Trinajstić information content (AvgIpc) is 1.77. The number of nitrogens with zero attached hydrogens (tertiary/aromatic N) is 1. The molecular formula is C7H17NO. The maximum Gasteiger partial charge on any atom is 0.0619 e. The van der Waals surface area contributed by atoms with Crippen molar-refractivity contribution < 1.29 is 4.74 Å². The van der Waals surface area contributed by atoms with Gasteiger partial charge in [0.25, 0.3) is 0 Å². The topological polar surface area (TPSA) is 12.5 Å². The third-order valence-corrected chi connectivity index (χ3v) is 1.70. The minimum Gasteiger partial charge on any atom is -0.379 e. The second-order valence-corrected chi connectivity index (χ2v) is 2.40. The highest BCUT2D eigenvalue weighted by atomic mass is 16.5. The van der Waals surface area contributed by atoms with Crippen LogP contribution in [-0.4, -0.2) is 37.7 Å². The molecule has 1 fully saturated rings. The van der Waals surface area contributed by atoms with Crippen molar-refractivity contribution >= 4 is 0 Å². The van der Waals surface area contributed by atoms with Gasteiger partial charge in [0.15, 0.2) is 0 Å². The number of rotatable bonds is 0. The molecule has 1 atom stereocenters. The fourth-order valence-electron chi connectivity index (χ4n) is 0.810. The lowest BCUT2D eigenvalue weighted by Gasteiger charge is -2.29. The van der Waals surface area contributed by atoms with Crippen molar-refractivity contribution in [2.24, 2.45) is 0 Å². The Kier molecular flexibility index (Phi) is 3.82. The highest BCUT2D eigenvalue weighted by molar-refractivity contribution is 4.65. The van der Waals surface area contributed by atoms with Gasteiger partial charge in [0.1, 0.15) is 0 Å². The van der Waals surface area contributed by atoms with Gasteiger partial charge in [-0.2, -0.15) is 0 Å². The van der Waals surface area contributed by atoms with Crippen LogP contribution >= 0.6 is 0 Å². The number of ether oxygens (including phenoxy) is 1. The summed E-state index contributed by atoms with van der Waals surface area (Å²) in [6, 6.07) is 0.615. The van der Waals surface area contributed by atoms with Crippen molar-refractivity contribution in [2.75, 3.05) is 26.8 Å². The van der Waals surface area contributed by atoms with E-state index in [0.29, 0.717) is 6.04 Å². The Morgan fingerprint density at radius 2 is 2.22 bits per heavy atom. The van der Waals surface area contributed by atoms with Crippen LogP contribution in [0.5, 0.6) is 0 Å². The Hall–Kier alpha value is -0.0800. The average molecular weight is 131 g/mol. The molecule has 0 N–H and O–H groups in total. The Labute approximate surface area is 57.8 Å². The molecule has 2 heteroatoms. The van der Waals surface area contributed by atoms with E-state index in [2.05, 4.69) is 18.9 Å². The van der Waals surface area contributed by atoms with E-state index in [1.807, 2.05) is 0 Å². The van der Waals surface area contributed by atoms with Crippen molar-refractivity contribution in [1.29, 1.82) is 0 Å². The van der Waals surface area contributed by atoms with Crippen molar-refractivity contribution in [3.05, 3.63) is 0 Å². The molecule has 9 heavy (non-hydrogen) atoms. The van der Waals surface area contributed by atoms with Gasteiger partial charge in [-0.1, -0.05) is 7.43 Å². The summed E-state index contributed by atoms with van der Waals surface area (Å²) in [5.74, 6) is 0. The first-order valence-corrected chi connectivity index (χ1v) is 3.08. The highest BCUT2D eigenvalue weighted by Crippen LogP contribution is 2.00. The molecule has 0 spiro atoms. The summed E-state index contributed by atoms with van der Waals surface area (Å²) < 4.78 is 5.21. The second kappa shape index (κ2) is 3.85. The monoisotopic (exact) mass is 131 g/mol. The van der Waals surface area contributed by atoms with Gasteiger partial charge in [0, 0.05) is 12.6 Å². The number of hydrogen-bond acceptors (Lipinski definition) is 2. The van der Waals surface area contributed by atoms with E-state index >= 15 is 0 Å². The van der Waals surface area contributed by atoms with Crippen molar-refractivity contribution in [2.45, 2.75) is 20.4 Å².